The van der Waals surface area contributed by atoms with E-state index < -0.39 is 11.6 Å². The van der Waals surface area contributed by atoms with Crippen LogP contribution in [0.4, 0.5) is 20.5 Å². The van der Waals surface area contributed by atoms with Crippen molar-refractivity contribution in [1.29, 1.82) is 0 Å². The third-order valence-corrected chi connectivity index (χ3v) is 8.02. The van der Waals surface area contributed by atoms with Gasteiger partial charge in [0.1, 0.15) is 22.9 Å². The van der Waals surface area contributed by atoms with E-state index in [2.05, 4.69) is 30.6 Å². The number of carbonyl (C=O) groups excluding carboxylic acids is 1. The minimum atomic E-state index is -0.665. The van der Waals surface area contributed by atoms with Gasteiger partial charge in [-0.1, -0.05) is 6.07 Å². The second kappa shape index (κ2) is 10.2. The lowest BCUT2D eigenvalue weighted by Crippen LogP contribution is -2.44. The molecular weight excluding hydrogens is 514 g/mol. The molecule has 40 heavy (non-hydrogen) atoms. The zero-order valence-electron chi connectivity index (χ0n) is 22.8. The van der Waals surface area contributed by atoms with Crippen molar-refractivity contribution in [2.24, 2.45) is 5.41 Å². The van der Waals surface area contributed by atoms with E-state index in [4.69, 9.17) is 0 Å². The highest BCUT2D eigenvalue weighted by Gasteiger charge is 2.40. The number of pyridine rings is 1. The van der Waals surface area contributed by atoms with Crippen LogP contribution in [0.1, 0.15) is 50.5 Å². The normalized spacial score (nSPS) is 19.4. The van der Waals surface area contributed by atoms with Gasteiger partial charge < -0.3 is 20.1 Å². The predicted molar refractivity (Wildman–Crippen MR) is 148 cm³/mol. The maximum Gasteiger partial charge on any atom is 0.229 e. The molecule has 9 nitrogen and oxygen atoms in total. The van der Waals surface area contributed by atoms with Gasteiger partial charge >= 0.3 is 0 Å². The molecule has 0 radical (unpaired) electrons. The Morgan fingerprint density at radius 1 is 1.10 bits per heavy atom. The Balaban J connectivity index is 1.18. The first-order valence-electron chi connectivity index (χ1n) is 13.6. The Kier molecular flexibility index (Phi) is 6.69. The first-order chi connectivity index (χ1) is 19.2. The number of fused-ring (bicyclic) bond motifs is 1. The smallest absolute Gasteiger partial charge is 0.229 e. The molecule has 0 saturated carbocycles. The average molecular weight is 547 g/mol. The molecule has 1 atom stereocenters. The van der Waals surface area contributed by atoms with Crippen LogP contribution in [0.3, 0.4) is 0 Å². The van der Waals surface area contributed by atoms with Gasteiger partial charge in [0.25, 0.3) is 0 Å². The SMILES string of the molecule is Cc1nc2c(F)cc(-c3nc(Nc4ccc(CN5CCC6(CCNC6)CC5=O)cn4)ncc3F)cc2n1C(C)C. The number of hydrogen-bond acceptors (Lipinski definition) is 7. The van der Waals surface area contributed by atoms with Gasteiger partial charge in [0.15, 0.2) is 11.6 Å². The molecule has 11 heteroatoms. The topological polar surface area (TPSA) is 101 Å². The minimum absolute atomic E-state index is 0.0251. The number of benzene rings is 1. The van der Waals surface area contributed by atoms with Gasteiger partial charge in [-0.2, -0.15) is 0 Å². The number of aryl methyl sites for hydroxylation is 1. The molecule has 0 aliphatic carbocycles. The van der Waals surface area contributed by atoms with Gasteiger partial charge in [0, 0.05) is 43.9 Å². The predicted octanol–water partition coefficient (Wildman–Crippen LogP) is 4.90. The number of likely N-dealkylation sites (tertiary alicyclic amines) is 1. The van der Waals surface area contributed by atoms with E-state index in [0.717, 1.165) is 44.2 Å². The fourth-order valence-electron chi connectivity index (χ4n) is 5.96. The number of imidazole rings is 1. The molecule has 2 saturated heterocycles. The summed E-state index contributed by atoms with van der Waals surface area (Å²) >= 11 is 0. The van der Waals surface area contributed by atoms with Gasteiger partial charge in [0.05, 0.1) is 11.7 Å². The largest absolute Gasteiger partial charge is 0.338 e. The van der Waals surface area contributed by atoms with Crippen LogP contribution in [0.25, 0.3) is 22.3 Å². The lowest BCUT2D eigenvalue weighted by molar-refractivity contribution is -0.138. The standard InChI is InChI=1S/C29H32F2N8O/c1-17(2)39-18(3)35-27-21(30)10-20(11-23(27)39)26-22(31)14-34-28(37-26)36-24-5-4-19(13-33-24)15-38-9-7-29(12-25(38)40)6-8-32-16-29/h4-5,10-11,13-14,17,32H,6-9,12,15-16H2,1-3H3,(H,33,34,36,37). The molecule has 1 spiro atoms. The second-order valence-corrected chi connectivity index (χ2v) is 11.2. The quantitative estimate of drug-likeness (QED) is 0.355. The average Bonchev–Trinajstić information content (AvgIpc) is 3.51. The second-order valence-electron chi connectivity index (χ2n) is 11.2. The van der Waals surface area contributed by atoms with Crippen molar-refractivity contribution in [3.8, 4) is 11.3 Å². The monoisotopic (exact) mass is 546 g/mol. The summed E-state index contributed by atoms with van der Waals surface area (Å²) in [5, 5.41) is 6.39. The van der Waals surface area contributed by atoms with Crippen molar-refractivity contribution in [2.75, 3.05) is 25.0 Å². The van der Waals surface area contributed by atoms with Crippen LogP contribution in [-0.2, 0) is 11.3 Å². The molecule has 2 aliphatic heterocycles. The number of anilines is 2. The van der Waals surface area contributed by atoms with Gasteiger partial charge in [-0.05, 0) is 69.3 Å². The molecule has 3 aromatic heterocycles. The lowest BCUT2D eigenvalue weighted by atomic mass is 9.77. The molecular formula is C29H32F2N8O. The van der Waals surface area contributed by atoms with Crippen molar-refractivity contribution < 1.29 is 13.6 Å². The van der Waals surface area contributed by atoms with E-state index in [1.54, 1.807) is 18.3 Å². The molecule has 2 fully saturated rings. The van der Waals surface area contributed by atoms with Crippen LogP contribution < -0.4 is 10.6 Å². The Morgan fingerprint density at radius 2 is 1.95 bits per heavy atom. The van der Waals surface area contributed by atoms with Crippen molar-refractivity contribution >= 4 is 28.7 Å². The van der Waals surface area contributed by atoms with Gasteiger partial charge in [-0.15, -0.1) is 0 Å². The fraction of sp³-hybridized carbons (Fsp3) is 0.414. The van der Waals surface area contributed by atoms with E-state index in [1.165, 1.54) is 6.07 Å². The summed E-state index contributed by atoms with van der Waals surface area (Å²) in [6.45, 7) is 8.95. The van der Waals surface area contributed by atoms with E-state index in [1.807, 2.05) is 36.3 Å². The molecule has 1 unspecified atom stereocenters. The van der Waals surface area contributed by atoms with Crippen LogP contribution in [-0.4, -0.2) is 54.9 Å². The Hall–Kier alpha value is -3.99. The number of rotatable bonds is 6. The molecule has 4 aromatic rings. The number of amides is 1. The first kappa shape index (κ1) is 26.2. The maximum absolute atomic E-state index is 15.0. The van der Waals surface area contributed by atoms with Gasteiger partial charge in [-0.25, -0.2) is 28.7 Å². The van der Waals surface area contributed by atoms with Gasteiger partial charge in [-0.3, -0.25) is 4.79 Å². The van der Waals surface area contributed by atoms with Crippen LogP contribution >= 0.6 is 0 Å². The number of piperidine rings is 1. The van der Waals surface area contributed by atoms with Crippen molar-refractivity contribution in [3.63, 3.8) is 0 Å². The number of aromatic nitrogens is 5. The molecule has 2 N–H and O–H groups in total. The highest BCUT2D eigenvalue weighted by molar-refractivity contribution is 5.83. The molecule has 1 amide bonds. The highest BCUT2D eigenvalue weighted by atomic mass is 19.1. The van der Waals surface area contributed by atoms with Crippen molar-refractivity contribution in [2.45, 2.75) is 52.6 Å². The fourth-order valence-corrected chi connectivity index (χ4v) is 5.96. The third-order valence-electron chi connectivity index (χ3n) is 8.02. The highest BCUT2D eigenvalue weighted by Crippen LogP contribution is 2.38. The zero-order chi connectivity index (χ0) is 28.0. The van der Waals surface area contributed by atoms with Crippen LogP contribution in [0.5, 0.6) is 0 Å². The summed E-state index contributed by atoms with van der Waals surface area (Å²) in [5.41, 5.74) is 2.13. The Labute approximate surface area is 231 Å². The molecule has 5 heterocycles. The van der Waals surface area contributed by atoms with Crippen molar-refractivity contribution in [1.82, 2.24) is 34.7 Å². The maximum atomic E-state index is 15.0. The van der Waals surface area contributed by atoms with Crippen LogP contribution in [0.15, 0.2) is 36.7 Å². The van der Waals surface area contributed by atoms with Crippen LogP contribution in [0.2, 0.25) is 0 Å². The zero-order valence-corrected chi connectivity index (χ0v) is 22.8. The molecule has 208 valence electrons. The summed E-state index contributed by atoms with van der Waals surface area (Å²) < 4.78 is 31.7. The van der Waals surface area contributed by atoms with E-state index in [-0.39, 0.29) is 34.5 Å². The van der Waals surface area contributed by atoms with Gasteiger partial charge in [0.2, 0.25) is 11.9 Å². The first-order valence-corrected chi connectivity index (χ1v) is 13.6. The molecule has 6 rings (SSSR count). The summed E-state index contributed by atoms with van der Waals surface area (Å²) in [4.78, 5) is 31.9. The van der Waals surface area contributed by atoms with Crippen LogP contribution in [0, 0.1) is 24.0 Å². The Bertz CT molecular complexity index is 1580. The molecule has 0 bridgehead atoms. The van der Waals surface area contributed by atoms with E-state index in [9.17, 15) is 13.6 Å². The summed E-state index contributed by atoms with van der Waals surface area (Å²) in [7, 11) is 0. The third kappa shape index (κ3) is 4.90. The number of nitrogens with one attached hydrogen (secondary N) is 2. The summed E-state index contributed by atoms with van der Waals surface area (Å²) in [6, 6.07) is 6.67. The number of carbonyl (C=O) groups is 1. The number of nitrogens with zero attached hydrogens (tertiary/aromatic N) is 6. The lowest BCUT2D eigenvalue weighted by Gasteiger charge is -2.38. The summed E-state index contributed by atoms with van der Waals surface area (Å²) in [6.07, 6.45) is 5.43. The molecule has 1 aromatic carbocycles. The van der Waals surface area contributed by atoms with Crippen molar-refractivity contribution in [3.05, 3.63) is 59.7 Å². The van der Waals surface area contributed by atoms with E-state index in [0.29, 0.717) is 35.7 Å². The Morgan fingerprint density at radius 3 is 2.65 bits per heavy atom. The van der Waals surface area contributed by atoms with E-state index >= 15 is 0 Å². The number of halogens is 2. The number of hydrogen-bond donors (Lipinski definition) is 2. The minimum Gasteiger partial charge on any atom is -0.338 e. The summed E-state index contributed by atoms with van der Waals surface area (Å²) in [5.74, 6) is 0.263. The molecule has 2 aliphatic rings.